The molecule has 0 aliphatic heterocycles. The van der Waals surface area contributed by atoms with Crippen molar-refractivity contribution >= 4 is 0 Å². The maximum Gasteiger partial charge on any atom is 0.103 e. The van der Waals surface area contributed by atoms with Crippen molar-refractivity contribution < 1.29 is 4.42 Å². The van der Waals surface area contributed by atoms with E-state index < -0.39 is 0 Å². The molecule has 3 heteroatoms. The van der Waals surface area contributed by atoms with Crippen LogP contribution in [0.3, 0.4) is 0 Å². The number of likely N-dealkylation sites (N-methyl/N-ethyl adjacent to an activating group) is 1. The molecule has 0 saturated heterocycles. The molecule has 3 nitrogen and oxygen atoms in total. The van der Waals surface area contributed by atoms with Gasteiger partial charge in [0.15, 0.2) is 0 Å². The summed E-state index contributed by atoms with van der Waals surface area (Å²) in [7, 11) is 2.17. The van der Waals surface area contributed by atoms with Crippen molar-refractivity contribution in [2.24, 2.45) is 0 Å². The second-order valence-corrected chi connectivity index (χ2v) is 4.60. The van der Waals surface area contributed by atoms with Gasteiger partial charge in [-0.1, -0.05) is 13.8 Å². The Morgan fingerprint density at radius 1 is 1.38 bits per heavy atom. The maximum atomic E-state index is 5.30. The summed E-state index contributed by atoms with van der Waals surface area (Å²) in [5.74, 6) is 1.09. The van der Waals surface area contributed by atoms with E-state index in [1.165, 1.54) is 0 Å². The van der Waals surface area contributed by atoms with Crippen LogP contribution in [0, 0.1) is 0 Å². The molecule has 0 saturated carbocycles. The van der Waals surface area contributed by atoms with E-state index in [1.807, 2.05) is 12.1 Å². The van der Waals surface area contributed by atoms with Crippen molar-refractivity contribution in [3.63, 3.8) is 0 Å². The number of rotatable bonds is 8. The Kier molecular flexibility index (Phi) is 6.19. The molecule has 16 heavy (non-hydrogen) atoms. The lowest BCUT2D eigenvalue weighted by atomic mass is 10.2. The number of aryl methyl sites for hydroxylation is 1. The summed E-state index contributed by atoms with van der Waals surface area (Å²) < 4.78 is 5.30. The molecule has 0 spiro atoms. The minimum absolute atomic E-state index is 0.580. The van der Waals surface area contributed by atoms with E-state index in [-0.39, 0.29) is 0 Å². The predicted molar refractivity (Wildman–Crippen MR) is 67.7 cm³/mol. The van der Waals surface area contributed by atoms with Gasteiger partial charge >= 0.3 is 0 Å². The van der Waals surface area contributed by atoms with Gasteiger partial charge in [0.1, 0.15) is 5.76 Å². The molecule has 0 fully saturated rings. The molecule has 1 aromatic heterocycles. The van der Waals surface area contributed by atoms with Gasteiger partial charge in [0.2, 0.25) is 0 Å². The van der Waals surface area contributed by atoms with Gasteiger partial charge in [-0.2, -0.15) is 0 Å². The third-order valence-electron chi connectivity index (χ3n) is 2.59. The van der Waals surface area contributed by atoms with Crippen molar-refractivity contribution in [1.29, 1.82) is 0 Å². The molecule has 1 N–H and O–H groups in total. The van der Waals surface area contributed by atoms with Crippen LogP contribution < -0.4 is 5.32 Å². The molecule has 0 atom stereocenters. The number of furan rings is 1. The summed E-state index contributed by atoms with van der Waals surface area (Å²) in [6.45, 7) is 7.65. The highest BCUT2D eigenvalue weighted by molar-refractivity contribution is 4.97. The average Bonchev–Trinajstić information content (AvgIpc) is 2.70. The smallest absolute Gasteiger partial charge is 0.103 e. The van der Waals surface area contributed by atoms with Gasteiger partial charge in [-0.25, -0.2) is 0 Å². The van der Waals surface area contributed by atoms with E-state index in [0.29, 0.717) is 6.04 Å². The van der Waals surface area contributed by atoms with Crippen LogP contribution in [0.2, 0.25) is 0 Å². The second kappa shape index (κ2) is 7.47. The minimum atomic E-state index is 0.580. The van der Waals surface area contributed by atoms with E-state index >= 15 is 0 Å². The van der Waals surface area contributed by atoms with Crippen LogP contribution in [0.4, 0.5) is 0 Å². The third kappa shape index (κ3) is 5.93. The summed E-state index contributed by atoms with van der Waals surface area (Å²) in [5, 5.41) is 3.42. The summed E-state index contributed by atoms with van der Waals surface area (Å²) in [6, 6.07) is 4.57. The predicted octanol–water partition coefficient (Wildman–Crippen LogP) is 2.14. The quantitative estimate of drug-likeness (QED) is 0.733. The fourth-order valence-corrected chi connectivity index (χ4v) is 1.63. The van der Waals surface area contributed by atoms with Gasteiger partial charge in [0, 0.05) is 25.6 Å². The first-order valence-corrected chi connectivity index (χ1v) is 6.13. The van der Waals surface area contributed by atoms with Crippen molar-refractivity contribution in [2.75, 3.05) is 26.7 Å². The van der Waals surface area contributed by atoms with Gasteiger partial charge in [-0.05, 0) is 32.1 Å². The molecule has 0 aromatic carbocycles. The first-order chi connectivity index (χ1) is 7.68. The van der Waals surface area contributed by atoms with Crippen LogP contribution in [0.25, 0.3) is 0 Å². The Hall–Kier alpha value is -0.800. The molecule has 1 heterocycles. The highest BCUT2D eigenvalue weighted by atomic mass is 16.3. The van der Waals surface area contributed by atoms with Crippen molar-refractivity contribution in [3.05, 3.63) is 24.2 Å². The Labute approximate surface area is 98.8 Å². The Bertz CT molecular complexity index is 257. The van der Waals surface area contributed by atoms with E-state index in [2.05, 4.69) is 31.1 Å². The van der Waals surface area contributed by atoms with Crippen LogP contribution in [0.15, 0.2) is 22.8 Å². The molecular weight excluding hydrogens is 200 g/mol. The third-order valence-corrected chi connectivity index (χ3v) is 2.59. The summed E-state index contributed by atoms with van der Waals surface area (Å²) >= 11 is 0. The Balaban J connectivity index is 2.00. The number of nitrogens with one attached hydrogen (secondary N) is 1. The van der Waals surface area contributed by atoms with Crippen LogP contribution in [0.1, 0.15) is 26.0 Å². The first kappa shape index (κ1) is 13.3. The summed E-state index contributed by atoms with van der Waals surface area (Å²) in [6.07, 6.45) is 3.94. The van der Waals surface area contributed by atoms with Gasteiger partial charge < -0.3 is 14.6 Å². The number of hydrogen-bond acceptors (Lipinski definition) is 3. The molecule has 1 rings (SSSR count). The Morgan fingerprint density at radius 2 is 2.19 bits per heavy atom. The van der Waals surface area contributed by atoms with E-state index in [4.69, 9.17) is 4.42 Å². The van der Waals surface area contributed by atoms with Crippen LogP contribution >= 0.6 is 0 Å². The SMILES string of the molecule is CC(C)NCCN(C)CCCc1ccco1. The number of nitrogens with zero attached hydrogens (tertiary/aromatic N) is 1. The molecule has 92 valence electrons. The average molecular weight is 224 g/mol. The molecule has 0 bridgehead atoms. The second-order valence-electron chi connectivity index (χ2n) is 4.60. The van der Waals surface area contributed by atoms with Crippen molar-refractivity contribution in [2.45, 2.75) is 32.7 Å². The first-order valence-electron chi connectivity index (χ1n) is 6.13. The molecule has 0 aliphatic rings. The number of hydrogen-bond donors (Lipinski definition) is 1. The summed E-state index contributed by atoms with van der Waals surface area (Å²) in [5.41, 5.74) is 0. The zero-order valence-corrected chi connectivity index (χ0v) is 10.7. The fourth-order valence-electron chi connectivity index (χ4n) is 1.63. The topological polar surface area (TPSA) is 28.4 Å². The van der Waals surface area contributed by atoms with E-state index in [0.717, 1.165) is 38.2 Å². The van der Waals surface area contributed by atoms with Gasteiger partial charge in [0.05, 0.1) is 6.26 Å². The van der Waals surface area contributed by atoms with E-state index in [9.17, 15) is 0 Å². The maximum absolute atomic E-state index is 5.30. The zero-order chi connectivity index (χ0) is 11.8. The fraction of sp³-hybridized carbons (Fsp3) is 0.692. The summed E-state index contributed by atoms with van der Waals surface area (Å²) in [4.78, 5) is 2.36. The lowest BCUT2D eigenvalue weighted by Crippen LogP contribution is -2.33. The largest absolute Gasteiger partial charge is 0.469 e. The molecule has 1 aromatic rings. The molecule has 0 radical (unpaired) electrons. The molecule has 0 unspecified atom stereocenters. The normalized spacial score (nSPS) is 11.6. The lowest BCUT2D eigenvalue weighted by Gasteiger charge is -2.17. The van der Waals surface area contributed by atoms with Crippen LogP contribution in [-0.2, 0) is 6.42 Å². The van der Waals surface area contributed by atoms with Crippen molar-refractivity contribution in [3.8, 4) is 0 Å². The molecule has 0 amide bonds. The highest BCUT2D eigenvalue weighted by Crippen LogP contribution is 2.03. The van der Waals surface area contributed by atoms with Gasteiger partial charge in [-0.3, -0.25) is 0 Å². The minimum Gasteiger partial charge on any atom is -0.469 e. The molecular formula is C13H24N2O. The highest BCUT2D eigenvalue weighted by Gasteiger charge is 2.00. The lowest BCUT2D eigenvalue weighted by molar-refractivity contribution is 0.319. The van der Waals surface area contributed by atoms with Crippen molar-refractivity contribution in [1.82, 2.24) is 10.2 Å². The standard InChI is InChI=1S/C13H24N2O/c1-12(2)14-8-10-15(3)9-4-6-13-7-5-11-16-13/h5,7,11-12,14H,4,6,8-10H2,1-3H3. The van der Waals surface area contributed by atoms with Crippen LogP contribution in [0.5, 0.6) is 0 Å². The van der Waals surface area contributed by atoms with E-state index in [1.54, 1.807) is 6.26 Å². The zero-order valence-electron chi connectivity index (χ0n) is 10.7. The Morgan fingerprint density at radius 3 is 2.81 bits per heavy atom. The van der Waals surface area contributed by atoms with Gasteiger partial charge in [-0.15, -0.1) is 0 Å². The molecule has 0 aliphatic carbocycles. The monoisotopic (exact) mass is 224 g/mol. The van der Waals surface area contributed by atoms with Gasteiger partial charge in [0.25, 0.3) is 0 Å². The van der Waals surface area contributed by atoms with Crippen LogP contribution in [-0.4, -0.2) is 37.6 Å².